The number of allylic oxidation sites excluding steroid dienone is 8. The van der Waals surface area contributed by atoms with Crippen molar-refractivity contribution in [3.63, 3.8) is 0 Å². The normalized spacial score (nSPS) is 31.5. The average molecular weight is 634 g/mol. The van der Waals surface area contributed by atoms with Crippen LogP contribution in [0.25, 0.3) is 0 Å². The van der Waals surface area contributed by atoms with E-state index in [9.17, 15) is 20.2 Å². The fourth-order valence-electron chi connectivity index (χ4n) is 8.03. The fourth-order valence-corrected chi connectivity index (χ4v) is 22.0. The van der Waals surface area contributed by atoms with Crippen LogP contribution in [0.15, 0.2) is 97.1 Å². The third kappa shape index (κ3) is 5.14. The van der Waals surface area contributed by atoms with Crippen molar-refractivity contribution in [3.8, 4) is 11.5 Å². The molecule has 0 aromatic heterocycles. The van der Waals surface area contributed by atoms with Gasteiger partial charge in [-0.1, -0.05) is 0 Å². The minimum absolute atomic E-state index is 0.0336. The molecule has 0 amide bonds. The Labute approximate surface area is 245 Å². The van der Waals surface area contributed by atoms with Crippen molar-refractivity contribution in [2.24, 2.45) is 35.5 Å². The zero-order valence-corrected chi connectivity index (χ0v) is 25.6. The molecule has 8 atom stereocenters. The van der Waals surface area contributed by atoms with Crippen LogP contribution < -0.4 is 5.63 Å². The first-order valence-corrected chi connectivity index (χ1v) is 19.2. The van der Waals surface area contributed by atoms with Gasteiger partial charge in [0.2, 0.25) is 0 Å². The SMILES string of the molecule is CC1CC2C=CC=CC2[CH]1[Zr]([O]c1cccc([N+](=O)[O-])c1)([O]c1cccc([N+](=O)[O-])c1)[CH]1C(C)CC2C=CC=CC21. The molecule has 0 heterocycles. The number of nitro benzene ring substituents is 2. The Kier molecular flexibility index (Phi) is 7.58. The van der Waals surface area contributed by atoms with E-state index in [4.69, 9.17) is 5.63 Å². The molecule has 8 nitrogen and oxygen atoms in total. The summed E-state index contributed by atoms with van der Waals surface area (Å²) in [6.07, 6.45) is 19.6. The van der Waals surface area contributed by atoms with E-state index in [1.54, 1.807) is 24.3 Å². The summed E-state index contributed by atoms with van der Waals surface area (Å²) >= 11 is -4.62. The second kappa shape index (κ2) is 11.2. The number of rotatable bonds is 8. The molecule has 2 aromatic rings. The van der Waals surface area contributed by atoms with Crippen molar-refractivity contribution >= 4 is 11.4 Å². The first-order valence-electron chi connectivity index (χ1n) is 14.3. The Bertz CT molecular complexity index is 1360. The van der Waals surface area contributed by atoms with Gasteiger partial charge < -0.3 is 0 Å². The molecule has 0 aliphatic heterocycles. The maximum atomic E-state index is 11.7. The van der Waals surface area contributed by atoms with Gasteiger partial charge in [-0.05, 0) is 0 Å². The number of benzene rings is 2. The summed E-state index contributed by atoms with van der Waals surface area (Å²) < 4.78 is 14.8. The molecule has 41 heavy (non-hydrogen) atoms. The molecular formula is C32H34N2O6Zr. The molecule has 2 aromatic carbocycles. The second-order valence-electron chi connectivity index (χ2n) is 11.9. The summed E-state index contributed by atoms with van der Waals surface area (Å²) in [7, 11) is 0. The van der Waals surface area contributed by atoms with Gasteiger partial charge in [0, 0.05) is 0 Å². The van der Waals surface area contributed by atoms with E-state index in [2.05, 4.69) is 62.5 Å². The Morgan fingerprint density at radius 3 is 1.51 bits per heavy atom. The van der Waals surface area contributed by atoms with Crippen LogP contribution in [0.2, 0.25) is 7.25 Å². The van der Waals surface area contributed by atoms with Gasteiger partial charge in [-0.25, -0.2) is 0 Å². The van der Waals surface area contributed by atoms with Crippen molar-refractivity contribution in [3.05, 3.63) is 117 Å². The van der Waals surface area contributed by atoms with E-state index in [0.29, 0.717) is 23.3 Å². The number of nitro groups is 2. The summed E-state index contributed by atoms with van der Waals surface area (Å²) in [5.41, 5.74) is -0.0672. The van der Waals surface area contributed by atoms with Crippen LogP contribution in [0.5, 0.6) is 11.5 Å². The van der Waals surface area contributed by atoms with Crippen LogP contribution in [-0.2, 0) is 21.1 Å². The van der Waals surface area contributed by atoms with Gasteiger partial charge in [0.05, 0.1) is 0 Å². The second-order valence-corrected chi connectivity index (χ2v) is 19.8. The van der Waals surface area contributed by atoms with E-state index < -0.39 is 31.0 Å². The van der Waals surface area contributed by atoms with Crippen molar-refractivity contribution < 1.29 is 36.6 Å². The fraction of sp³-hybridized carbons (Fsp3) is 0.375. The molecule has 0 radical (unpaired) electrons. The van der Waals surface area contributed by atoms with Gasteiger partial charge in [-0.3, -0.25) is 0 Å². The van der Waals surface area contributed by atoms with Crippen molar-refractivity contribution in [1.29, 1.82) is 0 Å². The molecule has 8 unspecified atom stereocenters. The number of hydrogen-bond acceptors (Lipinski definition) is 6. The van der Waals surface area contributed by atoms with Crippen LogP contribution in [-0.4, -0.2) is 9.85 Å². The van der Waals surface area contributed by atoms with Crippen LogP contribution >= 0.6 is 0 Å². The standard InChI is InChI=1S/2C10H13.2C6H5NO3.Zr/c2*1-8-6-9-4-2-3-5-10(9)7-8;2*8-6-3-1-2-5(4-6)7(9)10;/h2*2-6,8-10H,7H2,1H3;2*1-4,8H;/q;;;;+2/p-2. The Hall–Kier alpha value is -3.32. The molecule has 212 valence electrons. The Morgan fingerprint density at radius 1 is 0.683 bits per heavy atom. The summed E-state index contributed by atoms with van der Waals surface area (Å²) in [6, 6.07) is 12.8. The molecular weight excluding hydrogens is 600 g/mol. The molecule has 2 saturated carbocycles. The van der Waals surface area contributed by atoms with E-state index in [-0.39, 0.29) is 42.3 Å². The summed E-state index contributed by atoms with van der Waals surface area (Å²) in [5, 5.41) is 23.5. The molecule has 2 fully saturated rings. The Morgan fingerprint density at radius 2 is 1.10 bits per heavy atom. The monoisotopic (exact) mass is 632 g/mol. The van der Waals surface area contributed by atoms with Crippen LogP contribution in [0.3, 0.4) is 0 Å². The first-order chi connectivity index (χ1) is 19.8. The van der Waals surface area contributed by atoms with Crippen molar-refractivity contribution in [1.82, 2.24) is 0 Å². The third-order valence-electron chi connectivity index (χ3n) is 9.48. The van der Waals surface area contributed by atoms with Gasteiger partial charge in [0.25, 0.3) is 0 Å². The number of non-ortho nitro benzene ring substituents is 2. The van der Waals surface area contributed by atoms with E-state index in [0.717, 1.165) is 12.8 Å². The third-order valence-corrected chi connectivity index (χ3v) is 21.5. The molecule has 0 N–H and O–H groups in total. The van der Waals surface area contributed by atoms with Crippen LogP contribution in [0.1, 0.15) is 26.7 Å². The summed E-state index contributed by atoms with van der Waals surface area (Å²) in [5.74, 6) is 2.56. The summed E-state index contributed by atoms with van der Waals surface area (Å²) in [4.78, 5) is 22.7. The van der Waals surface area contributed by atoms with E-state index >= 15 is 0 Å². The van der Waals surface area contributed by atoms with Gasteiger partial charge in [-0.15, -0.1) is 0 Å². The average Bonchev–Trinajstić information content (AvgIpc) is 3.48. The minimum atomic E-state index is -4.62. The van der Waals surface area contributed by atoms with Crippen molar-refractivity contribution in [2.45, 2.75) is 33.9 Å². The number of nitrogens with zero attached hydrogens (tertiary/aromatic N) is 2. The molecule has 4 aliphatic rings. The molecule has 4 aliphatic carbocycles. The molecule has 0 spiro atoms. The zero-order chi connectivity index (χ0) is 28.7. The Balaban J connectivity index is 1.57. The molecule has 9 heteroatoms. The maximum absolute atomic E-state index is 11.7. The van der Waals surface area contributed by atoms with E-state index in [1.807, 2.05) is 0 Å². The topological polar surface area (TPSA) is 105 Å². The predicted molar refractivity (Wildman–Crippen MR) is 153 cm³/mol. The van der Waals surface area contributed by atoms with Gasteiger partial charge in [0.15, 0.2) is 0 Å². The molecule has 6 rings (SSSR count). The van der Waals surface area contributed by atoms with E-state index in [1.165, 1.54) is 24.3 Å². The predicted octanol–water partition coefficient (Wildman–Crippen LogP) is 8.32. The molecule has 0 saturated heterocycles. The molecule has 0 bridgehead atoms. The quantitative estimate of drug-likeness (QED) is 0.214. The zero-order valence-electron chi connectivity index (χ0n) is 23.1. The van der Waals surface area contributed by atoms with Crippen molar-refractivity contribution in [2.75, 3.05) is 0 Å². The number of hydrogen-bond donors (Lipinski definition) is 0. The van der Waals surface area contributed by atoms with Gasteiger partial charge in [0.1, 0.15) is 0 Å². The first kappa shape index (κ1) is 27.8. The van der Waals surface area contributed by atoms with Gasteiger partial charge >= 0.3 is 246 Å². The summed E-state index contributed by atoms with van der Waals surface area (Å²) in [6.45, 7) is 4.55. The number of fused-ring (bicyclic) bond motifs is 2. The van der Waals surface area contributed by atoms with Crippen LogP contribution in [0.4, 0.5) is 11.4 Å². The van der Waals surface area contributed by atoms with Gasteiger partial charge in [-0.2, -0.15) is 0 Å². The van der Waals surface area contributed by atoms with Crippen LogP contribution in [0, 0.1) is 55.7 Å².